The summed E-state index contributed by atoms with van der Waals surface area (Å²) in [5.41, 5.74) is 4.22. The van der Waals surface area contributed by atoms with E-state index < -0.39 is 0 Å². The lowest BCUT2D eigenvalue weighted by molar-refractivity contribution is 0.335. The number of ether oxygens (including phenoxy) is 1. The van der Waals surface area contributed by atoms with Gasteiger partial charge in [0, 0.05) is 6.04 Å². The van der Waals surface area contributed by atoms with Crippen LogP contribution in [0.2, 0.25) is 0 Å². The molecular weight excluding hydrogens is 292 g/mol. The van der Waals surface area contributed by atoms with Crippen LogP contribution in [0.5, 0.6) is 5.75 Å². The second kappa shape index (κ2) is 7.77. The highest BCUT2D eigenvalue weighted by Gasteiger charge is 2.17. The molecule has 18 heavy (non-hydrogen) atoms. The number of hydrogen-bond acceptors (Lipinski definition) is 3. The summed E-state index contributed by atoms with van der Waals surface area (Å²) in [6.45, 7) is 4.42. The van der Waals surface area contributed by atoms with E-state index in [4.69, 9.17) is 10.6 Å². The number of halogens is 1. The maximum absolute atomic E-state index is 5.68. The van der Waals surface area contributed by atoms with Crippen molar-refractivity contribution in [3.63, 3.8) is 0 Å². The third-order valence-electron chi connectivity index (χ3n) is 3.50. The van der Waals surface area contributed by atoms with Crippen molar-refractivity contribution in [3.8, 4) is 5.75 Å². The lowest BCUT2D eigenvalue weighted by atomic mass is 9.90. The molecule has 0 aliphatic rings. The van der Waals surface area contributed by atoms with E-state index in [0.717, 1.165) is 29.5 Å². The molecule has 0 bridgehead atoms. The predicted octanol–water partition coefficient (Wildman–Crippen LogP) is 3.27. The number of hydrogen-bond donors (Lipinski definition) is 2. The average molecular weight is 315 g/mol. The van der Waals surface area contributed by atoms with E-state index in [2.05, 4.69) is 47.3 Å². The van der Waals surface area contributed by atoms with Crippen LogP contribution in [0.25, 0.3) is 0 Å². The summed E-state index contributed by atoms with van der Waals surface area (Å²) < 4.78 is 6.22. The Labute approximate surface area is 118 Å². The minimum Gasteiger partial charge on any atom is -0.496 e. The van der Waals surface area contributed by atoms with Crippen LogP contribution in [0.15, 0.2) is 22.7 Å². The molecule has 102 valence electrons. The number of methoxy groups -OCH3 is 1. The maximum Gasteiger partial charge on any atom is 0.133 e. The molecule has 1 atom stereocenters. The second-order valence-corrected chi connectivity index (χ2v) is 5.38. The third kappa shape index (κ3) is 3.97. The molecular formula is C14H23BrN2O. The van der Waals surface area contributed by atoms with Gasteiger partial charge in [0.15, 0.2) is 0 Å². The second-order valence-electron chi connectivity index (χ2n) is 4.52. The van der Waals surface area contributed by atoms with Crippen LogP contribution in [0.4, 0.5) is 0 Å². The van der Waals surface area contributed by atoms with Crippen molar-refractivity contribution in [1.82, 2.24) is 5.43 Å². The summed E-state index contributed by atoms with van der Waals surface area (Å²) in [5.74, 6) is 7.15. The Bertz CT molecular complexity index is 367. The third-order valence-corrected chi connectivity index (χ3v) is 4.12. The molecule has 3 N–H and O–H groups in total. The standard InChI is InChI=1S/C14H23BrN2O/c1-4-11(5-2)13(17-16)9-10-6-7-14(18-3)12(15)8-10/h6-8,11,13,17H,4-5,9,16H2,1-3H3. The molecule has 1 unspecified atom stereocenters. The van der Waals surface area contributed by atoms with Crippen molar-refractivity contribution in [2.75, 3.05) is 7.11 Å². The highest BCUT2D eigenvalue weighted by molar-refractivity contribution is 9.10. The predicted molar refractivity (Wildman–Crippen MR) is 79.6 cm³/mol. The van der Waals surface area contributed by atoms with Gasteiger partial charge in [0.05, 0.1) is 11.6 Å². The Kier molecular flexibility index (Phi) is 6.68. The molecule has 1 aromatic rings. The van der Waals surface area contributed by atoms with E-state index in [1.165, 1.54) is 5.56 Å². The first-order valence-electron chi connectivity index (χ1n) is 6.44. The molecule has 0 spiro atoms. The molecule has 0 aliphatic heterocycles. The lowest BCUT2D eigenvalue weighted by Crippen LogP contribution is -2.42. The van der Waals surface area contributed by atoms with Crippen molar-refractivity contribution < 1.29 is 4.74 Å². The maximum atomic E-state index is 5.68. The highest BCUT2D eigenvalue weighted by Crippen LogP contribution is 2.27. The zero-order valence-corrected chi connectivity index (χ0v) is 13.0. The molecule has 1 aromatic carbocycles. The van der Waals surface area contributed by atoms with Gasteiger partial charge in [-0.15, -0.1) is 0 Å². The minimum absolute atomic E-state index is 0.320. The van der Waals surface area contributed by atoms with Crippen LogP contribution in [0.1, 0.15) is 32.3 Å². The van der Waals surface area contributed by atoms with Gasteiger partial charge in [-0.05, 0) is 46.0 Å². The molecule has 0 amide bonds. The number of hydrazine groups is 1. The topological polar surface area (TPSA) is 47.3 Å². The van der Waals surface area contributed by atoms with E-state index in [9.17, 15) is 0 Å². The number of rotatable bonds is 7. The summed E-state index contributed by atoms with van der Waals surface area (Å²) in [4.78, 5) is 0. The quantitative estimate of drug-likeness (QED) is 0.600. The fourth-order valence-electron chi connectivity index (χ4n) is 2.31. The van der Waals surface area contributed by atoms with Gasteiger partial charge < -0.3 is 4.74 Å². The molecule has 0 aliphatic carbocycles. The molecule has 3 nitrogen and oxygen atoms in total. The SMILES string of the molecule is CCC(CC)C(Cc1ccc(OC)c(Br)c1)NN. The van der Waals surface area contributed by atoms with Crippen molar-refractivity contribution in [3.05, 3.63) is 28.2 Å². The van der Waals surface area contributed by atoms with E-state index in [1.54, 1.807) is 7.11 Å². The average Bonchev–Trinajstić information content (AvgIpc) is 2.39. The van der Waals surface area contributed by atoms with Gasteiger partial charge in [0.25, 0.3) is 0 Å². The van der Waals surface area contributed by atoms with Crippen molar-refractivity contribution >= 4 is 15.9 Å². The van der Waals surface area contributed by atoms with Gasteiger partial charge in [0.2, 0.25) is 0 Å². The Balaban J connectivity index is 2.78. The minimum atomic E-state index is 0.320. The summed E-state index contributed by atoms with van der Waals surface area (Å²) in [6, 6.07) is 6.50. The van der Waals surface area contributed by atoms with Crippen molar-refractivity contribution in [2.24, 2.45) is 11.8 Å². The summed E-state index contributed by atoms with van der Waals surface area (Å²) in [5, 5.41) is 0. The van der Waals surface area contributed by atoms with Gasteiger partial charge >= 0.3 is 0 Å². The first-order valence-corrected chi connectivity index (χ1v) is 7.24. The molecule has 0 saturated heterocycles. The molecule has 0 radical (unpaired) electrons. The van der Waals surface area contributed by atoms with E-state index in [-0.39, 0.29) is 0 Å². The smallest absolute Gasteiger partial charge is 0.133 e. The van der Waals surface area contributed by atoms with Gasteiger partial charge in [-0.3, -0.25) is 11.3 Å². The first kappa shape index (κ1) is 15.5. The van der Waals surface area contributed by atoms with Gasteiger partial charge in [-0.1, -0.05) is 32.8 Å². The summed E-state index contributed by atoms with van der Waals surface area (Å²) in [6.07, 6.45) is 3.22. The van der Waals surface area contributed by atoms with Crippen LogP contribution >= 0.6 is 15.9 Å². The Hall–Kier alpha value is -0.580. The van der Waals surface area contributed by atoms with Gasteiger partial charge in [0.1, 0.15) is 5.75 Å². The summed E-state index contributed by atoms with van der Waals surface area (Å²) >= 11 is 3.51. The van der Waals surface area contributed by atoms with Crippen molar-refractivity contribution in [1.29, 1.82) is 0 Å². The number of benzene rings is 1. The molecule has 0 saturated carbocycles. The van der Waals surface area contributed by atoms with Gasteiger partial charge in [-0.2, -0.15) is 0 Å². The lowest BCUT2D eigenvalue weighted by Gasteiger charge is -2.24. The van der Waals surface area contributed by atoms with Crippen LogP contribution in [0, 0.1) is 5.92 Å². The summed E-state index contributed by atoms with van der Waals surface area (Å²) in [7, 11) is 1.67. The van der Waals surface area contributed by atoms with Crippen LogP contribution in [0.3, 0.4) is 0 Å². The molecule has 0 fully saturated rings. The van der Waals surface area contributed by atoms with Crippen molar-refractivity contribution in [2.45, 2.75) is 39.2 Å². The van der Waals surface area contributed by atoms with Crippen LogP contribution in [-0.2, 0) is 6.42 Å². The zero-order valence-electron chi connectivity index (χ0n) is 11.4. The van der Waals surface area contributed by atoms with E-state index in [0.29, 0.717) is 12.0 Å². The molecule has 1 rings (SSSR count). The first-order chi connectivity index (χ1) is 8.65. The largest absolute Gasteiger partial charge is 0.496 e. The Morgan fingerprint density at radius 2 is 2.00 bits per heavy atom. The molecule has 0 heterocycles. The number of nitrogens with one attached hydrogen (secondary N) is 1. The van der Waals surface area contributed by atoms with Gasteiger partial charge in [-0.25, -0.2) is 0 Å². The molecule has 0 aromatic heterocycles. The highest BCUT2D eigenvalue weighted by atomic mass is 79.9. The molecule has 4 heteroatoms. The fraction of sp³-hybridized carbons (Fsp3) is 0.571. The van der Waals surface area contributed by atoms with Crippen LogP contribution < -0.4 is 16.0 Å². The zero-order chi connectivity index (χ0) is 13.5. The monoisotopic (exact) mass is 314 g/mol. The Morgan fingerprint density at radius 3 is 2.44 bits per heavy atom. The number of nitrogens with two attached hydrogens (primary N) is 1. The normalized spacial score (nSPS) is 12.8. The van der Waals surface area contributed by atoms with E-state index in [1.807, 2.05) is 6.07 Å². The van der Waals surface area contributed by atoms with E-state index >= 15 is 0 Å². The Morgan fingerprint density at radius 1 is 1.33 bits per heavy atom. The fourth-order valence-corrected chi connectivity index (χ4v) is 2.90. The van der Waals surface area contributed by atoms with Crippen LogP contribution in [-0.4, -0.2) is 13.2 Å².